The number of aromatic nitrogens is 2. The van der Waals surface area contributed by atoms with Crippen LogP contribution in [0.5, 0.6) is 0 Å². The number of amides is 1. The number of oxazole rings is 1. The van der Waals surface area contributed by atoms with Gasteiger partial charge in [-0.2, -0.15) is 18.2 Å². The van der Waals surface area contributed by atoms with E-state index < -0.39 is 29.5 Å². The van der Waals surface area contributed by atoms with Crippen LogP contribution in [0.15, 0.2) is 22.7 Å². The third-order valence-electron chi connectivity index (χ3n) is 8.72. The largest absolute Gasteiger partial charge is 0.437 e. The minimum Gasteiger partial charge on any atom is -0.420 e. The predicted octanol–water partition coefficient (Wildman–Crippen LogP) is 4.73. The Labute approximate surface area is 244 Å². The number of ketones is 1. The average Bonchev–Trinajstić information content (AvgIpc) is 3.31. The van der Waals surface area contributed by atoms with Gasteiger partial charge in [0.05, 0.1) is 0 Å². The number of pyridine rings is 1. The highest BCUT2D eigenvalue weighted by Gasteiger charge is 2.42. The second-order valence-electron chi connectivity index (χ2n) is 12.0. The average molecular weight is 592 g/mol. The number of alkyl halides is 3. The highest BCUT2D eigenvalue weighted by Crippen LogP contribution is 2.36. The normalized spacial score (nSPS) is 21.7. The summed E-state index contributed by atoms with van der Waals surface area (Å²) in [4.78, 5) is 39.6. The second-order valence-corrected chi connectivity index (χ2v) is 12.0. The van der Waals surface area contributed by atoms with Gasteiger partial charge in [0.2, 0.25) is 11.5 Å². The van der Waals surface area contributed by atoms with E-state index in [0.717, 1.165) is 51.4 Å². The lowest BCUT2D eigenvalue weighted by Gasteiger charge is -2.30. The predicted molar refractivity (Wildman–Crippen MR) is 150 cm³/mol. The summed E-state index contributed by atoms with van der Waals surface area (Å²) in [6.45, 7) is 5.31. The molecule has 230 valence electrons. The van der Waals surface area contributed by atoms with Gasteiger partial charge in [0.15, 0.2) is 5.69 Å². The molecule has 0 radical (unpaired) electrons. The van der Waals surface area contributed by atoms with Crippen molar-refractivity contribution in [2.45, 2.75) is 77.0 Å². The van der Waals surface area contributed by atoms with Crippen LogP contribution in [0.4, 0.5) is 25.0 Å². The van der Waals surface area contributed by atoms with Crippen molar-refractivity contribution in [1.82, 2.24) is 14.9 Å². The SMILES string of the molecule is CC1CCCN(c2nc(C(F)(F)F)c(C(=O)Cc3ccc(N4CCCN(C(=O)[C@H](O)C5CCCCC5)CC4)nc3)o2)C1. The van der Waals surface area contributed by atoms with Crippen molar-refractivity contribution >= 4 is 23.5 Å². The Morgan fingerprint density at radius 3 is 2.45 bits per heavy atom. The van der Waals surface area contributed by atoms with E-state index in [1.807, 2.05) is 11.8 Å². The molecule has 5 rings (SSSR count). The number of carbonyl (C=O) groups excluding carboxylic acids is 2. The quantitative estimate of drug-likeness (QED) is 0.461. The Balaban J connectivity index is 1.21. The van der Waals surface area contributed by atoms with Crippen LogP contribution >= 0.6 is 0 Å². The molecule has 42 heavy (non-hydrogen) atoms. The fourth-order valence-electron chi connectivity index (χ4n) is 6.37. The number of anilines is 2. The summed E-state index contributed by atoms with van der Waals surface area (Å²) in [5, 5.41) is 10.7. The highest BCUT2D eigenvalue weighted by atomic mass is 19.4. The number of piperidine rings is 1. The van der Waals surface area contributed by atoms with Crippen molar-refractivity contribution in [3.63, 3.8) is 0 Å². The summed E-state index contributed by atoms with van der Waals surface area (Å²) in [6.07, 6.45) is 2.98. The van der Waals surface area contributed by atoms with E-state index in [1.54, 1.807) is 21.9 Å². The van der Waals surface area contributed by atoms with Crippen LogP contribution in [0.1, 0.15) is 80.1 Å². The molecule has 2 aromatic heterocycles. The molecule has 2 aliphatic heterocycles. The molecule has 0 bridgehead atoms. The minimum absolute atomic E-state index is 0.0340. The molecule has 1 N–H and O–H groups in total. The lowest BCUT2D eigenvalue weighted by molar-refractivity contribution is -0.143. The first-order valence-corrected chi connectivity index (χ1v) is 15.1. The molecule has 0 aromatic carbocycles. The van der Waals surface area contributed by atoms with Gasteiger partial charge >= 0.3 is 6.18 Å². The molecule has 9 nitrogen and oxygen atoms in total. The molecule has 1 unspecified atom stereocenters. The fourth-order valence-corrected chi connectivity index (χ4v) is 6.37. The highest BCUT2D eigenvalue weighted by molar-refractivity contribution is 5.96. The molecule has 1 aliphatic carbocycles. The van der Waals surface area contributed by atoms with Gasteiger partial charge in [0, 0.05) is 51.9 Å². The fraction of sp³-hybridized carbons (Fsp3) is 0.667. The monoisotopic (exact) mass is 591 g/mol. The minimum atomic E-state index is -4.81. The molecule has 2 aromatic rings. The third-order valence-corrected chi connectivity index (χ3v) is 8.72. The number of aliphatic hydroxyl groups excluding tert-OH is 1. The molecule has 1 saturated carbocycles. The van der Waals surface area contributed by atoms with E-state index in [-0.39, 0.29) is 24.3 Å². The molecule has 12 heteroatoms. The standard InChI is InChI=1S/C30H40F3N5O4/c1-20-7-5-12-38(19-20)29-35-27(30(31,32)33)26(42-29)23(39)17-21-10-11-24(34-18-21)36-13-6-14-37(16-15-36)28(41)25(40)22-8-3-2-4-9-22/h10-11,18,20,22,25,40H,2-9,12-17,19H2,1H3/t20?,25-/m1/s1. The molecular formula is C30H40F3N5O4. The van der Waals surface area contributed by atoms with Gasteiger partial charge in [-0.15, -0.1) is 0 Å². The molecule has 3 fully saturated rings. The summed E-state index contributed by atoms with van der Waals surface area (Å²) < 4.78 is 46.7. The van der Waals surface area contributed by atoms with Crippen LogP contribution in [0.3, 0.4) is 0 Å². The van der Waals surface area contributed by atoms with Crippen molar-refractivity contribution in [3.8, 4) is 0 Å². The number of rotatable bonds is 7. The third kappa shape index (κ3) is 7.07. The Bertz CT molecular complexity index is 1230. The smallest absolute Gasteiger partial charge is 0.420 e. The van der Waals surface area contributed by atoms with Crippen LogP contribution in [-0.2, 0) is 17.4 Å². The van der Waals surface area contributed by atoms with E-state index >= 15 is 0 Å². The summed E-state index contributed by atoms with van der Waals surface area (Å²) in [5.41, 5.74) is -0.828. The number of hydrogen-bond acceptors (Lipinski definition) is 8. The Morgan fingerprint density at radius 1 is 1.00 bits per heavy atom. The Hall–Kier alpha value is -3.15. The Kier molecular flexibility index (Phi) is 9.39. The van der Waals surface area contributed by atoms with Crippen LogP contribution in [-0.4, -0.2) is 77.0 Å². The van der Waals surface area contributed by atoms with Crippen LogP contribution in [0, 0.1) is 11.8 Å². The number of carbonyl (C=O) groups is 2. The van der Waals surface area contributed by atoms with Gasteiger partial charge in [0.1, 0.15) is 11.9 Å². The summed E-state index contributed by atoms with van der Waals surface area (Å²) in [5.74, 6) is -0.787. The maximum Gasteiger partial charge on any atom is 0.437 e. The molecule has 2 saturated heterocycles. The van der Waals surface area contributed by atoms with E-state index in [0.29, 0.717) is 56.6 Å². The van der Waals surface area contributed by atoms with Gasteiger partial charge in [-0.3, -0.25) is 9.59 Å². The maximum absolute atomic E-state index is 13.8. The number of Topliss-reactive ketones (excluding diaryl/α,β-unsaturated/α-hetero) is 1. The molecule has 1 amide bonds. The van der Waals surface area contributed by atoms with Crippen molar-refractivity contribution in [2.75, 3.05) is 49.1 Å². The van der Waals surface area contributed by atoms with Crippen LogP contribution in [0.2, 0.25) is 0 Å². The van der Waals surface area contributed by atoms with Crippen molar-refractivity contribution in [1.29, 1.82) is 0 Å². The number of halogens is 3. The molecule has 3 aliphatic rings. The molecular weight excluding hydrogens is 551 g/mol. The first kappa shape index (κ1) is 30.3. The Morgan fingerprint density at radius 2 is 1.76 bits per heavy atom. The zero-order chi connectivity index (χ0) is 29.9. The number of nitrogens with zero attached hydrogens (tertiary/aromatic N) is 5. The zero-order valence-corrected chi connectivity index (χ0v) is 24.1. The summed E-state index contributed by atoms with van der Waals surface area (Å²) in [6, 6.07) is 3.26. The maximum atomic E-state index is 13.8. The van der Waals surface area contributed by atoms with Crippen molar-refractivity contribution < 1.29 is 32.3 Å². The first-order chi connectivity index (χ1) is 20.1. The van der Waals surface area contributed by atoms with Crippen molar-refractivity contribution in [2.24, 2.45) is 11.8 Å². The van der Waals surface area contributed by atoms with E-state index in [2.05, 4.69) is 9.97 Å². The van der Waals surface area contributed by atoms with Gasteiger partial charge in [-0.1, -0.05) is 32.3 Å². The van der Waals surface area contributed by atoms with Gasteiger partial charge in [-0.25, -0.2) is 4.98 Å². The zero-order valence-electron chi connectivity index (χ0n) is 24.1. The van der Waals surface area contributed by atoms with E-state index in [9.17, 15) is 27.9 Å². The van der Waals surface area contributed by atoms with Gasteiger partial charge in [0.25, 0.3) is 11.9 Å². The lowest BCUT2D eigenvalue weighted by atomic mass is 9.85. The van der Waals surface area contributed by atoms with Crippen LogP contribution in [0.25, 0.3) is 0 Å². The van der Waals surface area contributed by atoms with Crippen LogP contribution < -0.4 is 9.80 Å². The number of hydrogen-bond donors (Lipinski definition) is 1. The topological polar surface area (TPSA) is 103 Å². The number of aliphatic hydroxyl groups is 1. The molecule has 4 heterocycles. The van der Waals surface area contributed by atoms with E-state index in [1.165, 1.54) is 6.20 Å². The summed E-state index contributed by atoms with van der Waals surface area (Å²) in [7, 11) is 0. The van der Waals surface area contributed by atoms with Gasteiger partial charge in [-0.05, 0) is 55.6 Å². The second kappa shape index (κ2) is 13.0. The summed E-state index contributed by atoms with van der Waals surface area (Å²) >= 11 is 0. The first-order valence-electron chi connectivity index (χ1n) is 15.1. The van der Waals surface area contributed by atoms with Gasteiger partial charge < -0.3 is 24.2 Å². The lowest BCUT2D eigenvalue weighted by Crippen LogP contribution is -2.44. The van der Waals surface area contributed by atoms with E-state index in [4.69, 9.17) is 4.42 Å². The molecule has 2 atom stereocenters. The molecule has 0 spiro atoms. The van der Waals surface area contributed by atoms with Crippen molar-refractivity contribution in [3.05, 3.63) is 35.3 Å².